The predicted octanol–water partition coefficient (Wildman–Crippen LogP) is 4.53. The molecule has 0 unspecified atom stereocenters. The summed E-state index contributed by atoms with van der Waals surface area (Å²) in [6.07, 6.45) is 3.29. The van der Waals surface area contributed by atoms with E-state index < -0.39 is 23.0 Å². The standard InChI is InChI=1S/C30H31FN6O4/c1-37(2)17-3-15-33-27(38)24-18-23-25(12-16-32-26(23)36-24)41-22-10-8-21(9-11-22)35-29(40)30(13-14-30)28(39)34-20-6-4-19(31)5-7-20/h4-12,16,18H,3,13-15,17H2,1-2H3,(H,32,36)(H,33,38)(H,34,39)(H,35,40). The summed E-state index contributed by atoms with van der Waals surface area (Å²) in [4.78, 5) is 47.7. The Bertz CT molecular complexity index is 1560. The quantitative estimate of drug-likeness (QED) is 0.158. The highest BCUT2D eigenvalue weighted by Gasteiger charge is 2.56. The number of carbonyl (C=O) groups excluding carboxylic acids is 3. The van der Waals surface area contributed by atoms with Gasteiger partial charge in [0.25, 0.3) is 5.91 Å². The number of pyridine rings is 1. The molecule has 0 atom stereocenters. The molecule has 1 saturated carbocycles. The molecule has 2 aromatic heterocycles. The Labute approximate surface area is 236 Å². The van der Waals surface area contributed by atoms with Crippen molar-refractivity contribution in [3.8, 4) is 11.5 Å². The van der Waals surface area contributed by atoms with Crippen LogP contribution in [0.4, 0.5) is 15.8 Å². The molecule has 0 spiro atoms. The van der Waals surface area contributed by atoms with Gasteiger partial charge in [-0.05, 0) is 101 Å². The van der Waals surface area contributed by atoms with Crippen LogP contribution in [0, 0.1) is 11.2 Å². The molecule has 10 nitrogen and oxygen atoms in total. The van der Waals surface area contributed by atoms with Gasteiger partial charge in [0, 0.05) is 24.1 Å². The van der Waals surface area contributed by atoms with Crippen molar-refractivity contribution < 1.29 is 23.5 Å². The Morgan fingerprint density at radius 1 is 0.976 bits per heavy atom. The van der Waals surface area contributed by atoms with Gasteiger partial charge in [0.05, 0.1) is 5.39 Å². The largest absolute Gasteiger partial charge is 0.457 e. The van der Waals surface area contributed by atoms with Crippen LogP contribution in [0.15, 0.2) is 66.9 Å². The van der Waals surface area contributed by atoms with Gasteiger partial charge in [-0.1, -0.05) is 0 Å². The Morgan fingerprint density at radius 3 is 2.22 bits per heavy atom. The molecule has 0 bridgehead atoms. The molecule has 1 fully saturated rings. The van der Waals surface area contributed by atoms with Gasteiger partial charge in [0.2, 0.25) is 11.8 Å². The molecular weight excluding hydrogens is 527 g/mol. The molecule has 1 aliphatic rings. The Balaban J connectivity index is 1.20. The van der Waals surface area contributed by atoms with Crippen LogP contribution in [0.1, 0.15) is 29.8 Å². The molecule has 5 rings (SSSR count). The van der Waals surface area contributed by atoms with E-state index in [0.29, 0.717) is 59.0 Å². The number of H-pyrrole nitrogens is 1. The summed E-state index contributed by atoms with van der Waals surface area (Å²) in [5.74, 6) is -0.411. The molecule has 0 aliphatic heterocycles. The molecule has 2 heterocycles. The Morgan fingerprint density at radius 2 is 1.61 bits per heavy atom. The summed E-state index contributed by atoms with van der Waals surface area (Å²) in [6.45, 7) is 1.44. The average molecular weight is 559 g/mol. The van der Waals surface area contributed by atoms with E-state index in [1.54, 1.807) is 42.6 Å². The second kappa shape index (κ2) is 11.8. The van der Waals surface area contributed by atoms with Crippen LogP contribution < -0.4 is 20.7 Å². The summed E-state index contributed by atoms with van der Waals surface area (Å²) in [6, 6.07) is 15.6. The summed E-state index contributed by atoms with van der Waals surface area (Å²) in [5, 5.41) is 9.06. The first-order valence-electron chi connectivity index (χ1n) is 13.3. The van der Waals surface area contributed by atoms with E-state index in [2.05, 4.69) is 30.8 Å². The van der Waals surface area contributed by atoms with Crippen molar-refractivity contribution in [3.63, 3.8) is 0 Å². The van der Waals surface area contributed by atoms with Crippen molar-refractivity contribution >= 4 is 40.1 Å². The number of ether oxygens (including phenoxy) is 1. The molecule has 3 amide bonds. The van der Waals surface area contributed by atoms with Crippen molar-refractivity contribution in [2.75, 3.05) is 37.8 Å². The lowest BCUT2D eigenvalue weighted by Gasteiger charge is -2.16. The van der Waals surface area contributed by atoms with Gasteiger partial charge >= 0.3 is 0 Å². The van der Waals surface area contributed by atoms with Crippen molar-refractivity contribution in [2.24, 2.45) is 5.41 Å². The maximum absolute atomic E-state index is 13.2. The van der Waals surface area contributed by atoms with Crippen LogP contribution in [-0.2, 0) is 9.59 Å². The zero-order valence-corrected chi connectivity index (χ0v) is 22.8. The minimum atomic E-state index is -1.16. The first-order valence-corrected chi connectivity index (χ1v) is 13.3. The van der Waals surface area contributed by atoms with Gasteiger partial charge in [-0.3, -0.25) is 14.4 Å². The Hall–Kier alpha value is -4.77. The fourth-order valence-corrected chi connectivity index (χ4v) is 4.36. The normalized spacial score (nSPS) is 13.6. The van der Waals surface area contributed by atoms with Gasteiger partial charge in [-0.15, -0.1) is 0 Å². The van der Waals surface area contributed by atoms with Crippen LogP contribution in [-0.4, -0.2) is 59.8 Å². The van der Waals surface area contributed by atoms with E-state index in [-0.39, 0.29) is 5.91 Å². The van der Waals surface area contributed by atoms with Gasteiger partial charge in [-0.2, -0.15) is 0 Å². The molecule has 41 heavy (non-hydrogen) atoms. The zero-order valence-electron chi connectivity index (χ0n) is 22.8. The van der Waals surface area contributed by atoms with Crippen LogP contribution >= 0.6 is 0 Å². The van der Waals surface area contributed by atoms with Crippen molar-refractivity contribution in [1.29, 1.82) is 0 Å². The monoisotopic (exact) mass is 558 g/mol. The number of halogens is 1. The number of nitrogens with one attached hydrogen (secondary N) is 4. The van der Waals surface area contributed by atoms with E-state index in [9.17, 15) is 18.8 Å². The second-order valence-corrected chi connectivity index (χ2v) is 10.3. The lowest BCUT2D eigenvalue weighted by molar-refractivity contribution is -0.131. The molecule has 0 radical (unpaired) electrons. The topological polar surface area (TPSA) is 128 Å². The number of carbonyl (C=O) groups is 3. The minimum Gasteiger partial charge on any atom is -0.457 e. The van der Waals surface area contributed by atoms with E-state index >= 15 is 0 Å². The first-order chi connectivity index (χ1) is 19.7. The lowest BCUT2D eigenvalue weighted by Crippen LogP contribution is -2.35. The van der Waals surface area contributed by atoms with Gasteiger partial charge in [0.1, 0.15) is 34.1 Å². The molecule has 11 heteroatoms. The van der Waals surface area contributed by atoms with E-state index in [1.165, 1.54) is 24.3 Å². The van der Waals surface area contributed by atoms with E-state index in [0.717, 1.165) is 13.0 Å². The number of anilines is 2. The van der Waals surface area contributed by atoms with Crippen molar-refractivity contribution in [1.82, 2.24) is 20.2 Å². The Kier molecular flexibility index (Phi) is 7.97. The number of hydrogen-bond acceptors (Lipinski definition) is 6. The highest BCUT2D eigenvalue weighted by Crippen LogP contribution is 2.47. The smallest absolute Gasteiger partial charge is 0.267 e. The summed E-state index contributed by atoms with van der Waals surface area (Å²) in [7, 11) is 3.97. The fourth-order valence-electron chi connectivity index (χ4n) is 4.36. The van der Waals surface area contributed by atoms with Crippen LogP contribution in [0.3, 0.4) is 0 Å². The molecular formula is C30H31FN6O4. The van der Waals surface area contributed by atoms with Gasteiger partial charge in [-0.25, -0.2) is 9.37 Å². The van der Waals surface area contributed by atoms with Crippen molar-refractivity contribution in [3.05, 3.63) is 78.4 Å². The van der Waals surface area contributed by atoms with Gasteiger partial charge in [0.15, 0.2) is 0 Å². The zero-order chi connectivity index (χ0) is 29.0. The predicted molar refractivity (Wildman–Crippen MR) is 153 cm³/mol. The number of aromatic amines is 1. The third-order valence-electron chi connectivity index (χ3n) is 6.87. The number of nitrogens with zero attached hydrogens (tertiary/aromatic N) is 2. The third kappa shape index (κ3) is 6.52. The fraction of sp³-hybridized carbons (Fsp3) is 0.267. The summed E-state index contributed by atoms with van der Waals surface area (Å²) in [5.41, 5.74) is 0.703. The molecule has 2 aromatic carbocycles. The third-order valence-corrected chi connectivity index (χ3v) is 6.87. The number of benzene rings is 2. The highest BCUT2D eigenvalue weighted by atomic mass is 19.1. The van der Waals surface area contributed by atoms with Gasteiger partial charge < -0.3 is 30.6 Å². The number of aromatic nitrogens is 2. The number of fused-ring (bicyclic) bond motifs is 1. The summed E-state index contributed by atoms with van der Waals surface area (Å²) < 4.78 is 19.2. The van der Waals surface area contributed by atoms with Crippen LogP contribution in [0.2, 0.25) is 0 Å². The summed E-state index contributed by atoms with van der Waals surface area (Å²) >= 11 is 0. The number of hydrogen-bond donors (Lipinski definition) is 4. The van der Waals surface area contributed by atoms with Crippen LogP contribution in [0.5, 0.6) is 11.5 Å². The molecule has 4 N–H and O–H groups in total. The molecule has 212 valence electrons. The SMILES string of the molecule is CN(C)CCCNC(=O)c1cc2c(Oc3ccc(NC(=O)C4(C(=O)Nc5ccc(F)cc5)CC4)cc3)ccnc2[nH]1. The number of rotatable bonds is 11. The first kappa shape index (κ1) is 27.8. The lowest BCUT2D eigenvalue weighted by atomic mass is 10.0. The van der Waals surface area contributed by atoms with Crippen molar-refractivity contribution in [2.45, 2.75) is 19.3 Å². The van der Waals surface area contributed by atoms with Crippen LogP contribution in [0.25, 0.3) is 11.0 Å². The maximum atomic E-state index is 13.2. The van der Waals surface area contributed by atoms with E-state index in [1.807, 2.05) is 14.1 Å². The second-order valence-electron chi connectivity index (χ2n) is 10.3. The molecule has 4 aromatic rings. The number of amides is 3. The molecule has 1 aliphatic carbocycles. The minimum absolute atomic E-state index is 0.215. The highest BCUT2D eigenvalue weighted by molar-refractivity contribution is 6.16. The maximum Gasteiger partial charge on any atom is 0.267 e. The average Bonchev–Trinajstić information content (AvgIpc) is 3.66. The molecule has 0 saturated heterocycles. The van der Waals surface area contributed by atoms with E-state index in [4.69, 9.17) is 4.74 Å².